The molecular weight excluding hydrogens is 349 g/mol. The zero-order valence-corrected chi connectivity index (χ0v) is 15.6. The number of hydrogen-bond donors (Lipinski definition) is 1. The number of nitrogens with zero attached hydrogens (tertiary/aromatic N) is 1. The first-order chi connectivity index (χ1) is 11.8. The lowest BCUT2D eigenvalue weighted by Gasteiger charge is -2.24. The van der Waals surface area contributed by atoms with E-state index in [0.29, 0.717) is 22.7 Å². The Kier molecular flexibility index (Phi) is 6.54. The SMILES string of the molecule is CC.Cc1cc2c(NC3CCS(=O)CC3)cccc2n1CC(F)(F)F. The largest absolute Gasteiger partial charge is 0.406 e. The third kappa shape index (κ3) is 5.00. The van der Waals surface area contributed by atoms with Gasteiger partial charge in [-0.1, -0.05) is 19.9 Å². The smallest absolute Gasteiger partial charge is 0.382 e. The number of alkyl halides is 3. The molecule has 1 N–H and O–H groups in total. The number of halogens is 3. The van der Waals surface area contributed by atoms with Gasteiger partial charge in [0.05, 0.1) is 5.52 Å². The van der Waals surface area contributed by atoms with Gasteiger partial charge >= 0.3 is 6.18 Å². The maximum absolute atomic E-state index is 12.8. The number of fused-ring (bicyclic) bond motifs is 1. The third-order valence-corrected chi connectivity index (χ3v) is 5.62. The zero-order chi connectivity index (χ0) is 18.6. The molecule has 0 atom stereocenters. The summed E-state index contributed by atoms with van der Waals surface area (Å²) in [6.45, 7) is 4.72. The van der Waals surface area contributed by atoms with Crippen molar-refractivity contribution in [3.05, 3.63) is 30.0 Å². The summed E-state index contributed by atoms with van der Waals surface area (Å²) in [6, 6.07) is 7.41. The van der Waals surface area contributed by atoms with Crippen molar-refractivity contribution in [1.82, 2.24) is 4.57 Å². The van der Waals surface area contributed by atoms with Gasteiger partial charge in [0.15, 0.2) is 0 Å². The lowest BCUT2D eigenvalue weighted by molar-refractivity contribution is -0.140. The Morgan fingerprint density at radius 2 is 1.88 bits per heavy atom. The summed E-state index contributed by atoms with van der Waals surface area (Å²) in [5, 5.41) is 4.23. The van der Waals surface area contributed by atoms with Crippen LogP contribution in [0.25, 0.3) is 10.9 Å². The Bertz CT molecular complexity index is 730. The minimum absolute atomic E-state index is 0.226. The molecule has 1 aromatic heterocycles. The van der Waals surface area contributed by atoms with Gasteiger partial charge in [-0.15, -0.1) is 0 Å². The second-order valence-electron chi connectivity index (χ2n) is 5.99. The van der Waals surface area contributed by atoms with Gasteiger partial charge in [-0.05, 0) is 38.0 Å². The highest BCUT2D eigenvalue weighted by atomic mass is 32.2. The molecule has 1 saturated heterocycles. The minimum Gasteiger partial charge on any atom is -0.382 e. The van der Waals surface area contributed by atoms with E-state index in [-0.39, 0.29) is 6.04 Å². The topological polar surface area (TPSA) is 34.0 Å². The average molecular weight is 374 g/mol. The molecule has 1 fully saturated rings. The van der Waals surface area contributed by atoms with Gasteiger partial charge in [0.25, 0.3) is 0 Å². The highest BCUT2D eigenvalue weighted by Gasteiger charge is 2.29. The molecule has 0 bridgehead atoms. The summed E-state index contributed by atoms with van der Waals surface area (Å²) in [6.07, 6.45) is -2.59. The molecule has 3 rings (SSSR count). The summed E-state index contributed by atoms with van der Waals surface area (Å²) in [5.74, 6) is 1.36. The fraction of sp³-hybridized carbons (Fsp3) is 0.556. The van der Waals surface area contributed by atoms with Crippen molar-refractivity contribution in [2.24, 2.45) is 0 Å². The Morgan fingerprint density at radius 1 is 1.24 bits per heavy atom. The van der Waals surface area contributed by atoms with E-state index >= 15 is 0 Å². The van der Waals surface area contributed by atoms with Gasteiger partial charge in [-0.25, -0.2) is 0 Å². The summed E-state index contributed by atoms with van der Waals surface area (Å²) in [4.78, 5) is 0. The number of nitrogens with one attached hydrogen (secondary N) is 1. The third-order valence-electron chi connectivity index (χ3n) is 4.24. The molecule has 0 spiro atoms. The van der Waals surface area contributed by atoms with Gasteiger partial charge < -0.3 is 9.88 Å². The molecule has 1 aromatic carbocycles. The van der Waals surface area contributed by atoms with Crippen LogP contribution in [-0.4, -0.2) is 32.5 Å². The molecule has 1 aliphatic rings. The fourth-order valence-corrected chi connectivity index (χ4v) is 4.39. The lowest BCUT2D eigenvalue weighted by atomic mass is 10.1. The highest BCUT2D eigenvalue weighted by Crippen LogP contribution is 2.31. The maximum Gasteiger partial charge on any atom is 0.406 e. The van der Waals surface area contributed by atoms with Crippen molar-refractivity contribution in [1.29, 1.82) is 0 Å². The van der Waals surface area contributed by atoms with Crippen LogP contribution in [0.15, 0.2) is 24.3 Å². The molecule has 0 aliphatic carbocycles. The van der Waals surface area contributed by atoms with Crippen LogP contribution in [0.5, 0.6) is 0 Å². The Balaban J connectivity index is 0.00000109. The monoisotopic (exact) mass is 374 g/mol. The highest BCUT2D eigenvalue weighted by molar-refractivity contribution is 7.85. The molecule has 2 aromatic rings. The van der Waals surface area contributed by atoms with Crippen LogP contribution >= 0.6 is 0 Å². The van der Waals surface area contributed by atoms with Crippen LogP contribution in [0.4, 0.5) is 18.9 Å². The summed E-state index contributed by atoms with van der Waals surface area (Å²) >= 11 is 0. The lowest BCUT2D eigenvalue weighted by Crippen LogP contribution is -2.29. The first-order valence-corrected chi connectivity index (χ1v) is 10.1. The Hall–Kier alpha value is -1.50. The first kappa shape index (κ1) is 19.8. The second kappa shape index (κ2) is 8.25. The van der Waals surface area contributed by atoms with E-state index in [1.807, 2.05) is 19.9 Å². The minimum atomic E-state index is -4.24. The molecule has 140 valence electrons. The number of aromatic nitrogens is 1. The van der Waals surface area contributed by atoms with Crippen LogP contribution in [0.2, 0.25) is 0 Å². The first-order valence-electron chi connectivity index (χ1n) is 8.60. The quantitative estimate of drug-likeness (QED) is 0.832. The molecule has 0 saturated carbocycles. The van der Waals surface area contributed by atoms with Crippen molar-refractivity contribution >= 4 is 27.4 Å². The molecule has 0 unspecified atom stereocenters. The predicted octanol–water partition coefficient (Wildman–Crippen LogP) is 4.86. The fourth-order valence-electron chi connectivity index (χ4n) is 3.09. The van der Waals surface area contributed by atoms with E-state index in [1.54, 1.807) is 25.1 Å². The molecule has 0 amide bonds. The van der Waals surface area contributed by atoms with Crippen molar-refractivity contribution in [2.45, 2.75) is 52.4 Å². The summed E-state index contributed by atoms with van der Waals surface area (Å²) in [5.41, 5.74) is 2.03. The van der Waals surface area contributed by atoms with E-state index in [1.165, 1.54) is 4.57 Å². The predicted molar refractivity (Wildman–Crippen MR) is 98.6 cm³/mol. The van der Waals surface area contributed by atoms with Crippen LogP contribution < -0.4 is 5.32 Å². The zero-order valence-electron chi connectivity index (χ0n) is 14.8. The molecule has 25 heavy (non-hydrogen) atoms. The van der Waals surface area contributed by atoms with E-state index in [4.69, 9.17) is 0 Å². The number of anilines is 1. The number of aryl methyl sites for hydroxylation is 1. The van der Waals surface area contributed by atoms with Gasteiger partial charge in [-0.2, -0.15) is 13.2 Å². The number of hydrogen-bond acceptors (Lipinski definition) is 2. The maximum atomic E-state index is 12.8. The van der Waals surface area contributed by atoms with Gasteiger partial charge in [0, 0.05) is 45.1 Å². The molecule has 2 heterocycles. The molecular formula is C18H25F3N2OS. The van der Waals surface area contributed by atoms with E-state index in [0.717, 1.165) is 23.9 Å². The Morgan fingerprint density at radius 3 is 2.48 bits per heavy atom. The number of benzene rings is 1. The van der Waals surface area contributed by atoms with Crippen LogP contribution in [0, 0.1) is 6.92 Å². The second-order valence-corrected chi connectivity index (χ2v) is 7.69. The van der Waals surface area contributed by atoms with Crippen LogP contribution in [0.1, 0.15) is 32.4 Å². The standard InChI is InChI=1S/C16H19F3N2OS.C2H6/c1-11-9-13-14(20-12-5-7-23(22)8-6-12)3-2-4-15(13)21(11)10-16(17,18)19;1-2/h2-4,9,12,20H,5-8,10H2,1H3;1-2H3. The molecule has 3 nitrogen and oxygen atoms in total. The normalized spacial score (nSPS) is 20.9. The Labute approximate surface area is 149 Å². The van der Waals surface area contributed by atoms with E-state index in [2.05, 4.69) is 5.32 Å². The molecule has 1 aliphatic heterocycles. The molecule has 7 heteroatoms. The van der Waals surface area contributed by atoms with Crippen LogP contribution in [0.3, 0.4) is 0 Å². The molecule has 0 radical (unpaired) electrons. The van der Waals surface area contributed by atoms with E-state index < -0.39 is 23.5 Å². The van der Waals surface area contributed by atoms with Gasteiger partial charge in [0.2, 0.25) is 0 Å². The summed E-state index contributed by atoms with van der Waals surface area (Å²) in [7, 11) is -0.726. The van der Waals surface area contributed by atoms with E-state index in [9.17, 15) is 17.4 Å². The van der Waals surface area contributed by atoms with Gasteiger partial charge in [0.1, 0.15) is 6.54 Å². The van der Waals surface area contributed by atoms with Gasteiger partial charge in [-0.3, -0.25) is 4.21 Å². The average Bonchev–Trinajstić information content (AvgIpc) is 2.87. The summed E-state index contributed by atoms with van der Waals surface area (Å²) < 4.78 is 51.0. The van der Waals surface area contributed by atoms with Crippen molar-refractivity contribution in [2.75, 3.05) is 16.8 Å². The van der Waals surface area contributed by atoms with Crippen molar-refractivity contribution in [3.63, 3.8) is 0 Å². The van der Waals surface area contributed by atoms with Crippen molar-refractivity contribution < 1.29 is 17.4 Å². The number of rotatable bonds is 3. The van der Waals surface area contributed by atoms with Crippen molar-refractivity contribution in [3.8, 4) is 0 Å². The van der Waals surface area contributed by atoms with Crippen LogP contribution in [-0.2, 0) is 17.3 Å².